The number of piperazine rings is 1. The van der Waals surface area contributed by atoms with E-state index in [0.717, 1.165) is 56.1 Å². The molecule has 194 valence electrons. The molecule has 2 aromatic rings. The number of ether oxygens (including phenoxy) is 3. The van der Waals surface area contributed by atoms with Crippen LogP contribution >= 0.6 is 0 Å². The van der Waals surface area contributed by atoms with E-state index in [0.29, 0.717) is 6.42 Å². The Labute approximate surface area is 214 Å². The number of likely N-dealkylation sites (tertiary alicyclic amines) is 1. The standard InChI is InChI=1S/C29H39N3O4/c1-34-25-12-10-24(11-13-25)29(22-26(29)35-2)28(33)36-27(23-8-4-3-5-9-23)32-20-18-31(19-21-32)17-16-30-14-6-7-15-30/h3-5,8-13,26-27H,6-7,14-22H2,1-2H3/t26-,27?,29-/m0/s1. The number of esters is 1. The number of methoxy groups -OCH3 is 2. The Balaban J connectivity index is 1.28. The van der Waals surface area contributed by atoms with Crippen LogP contribution in [0, 0.1) is 0 Å². The van der Waals surface area contributed by atoms with Gasteiger partial charge in [0.25, 0.3) is 0 Å². The minimum Gasteiger partial charge on any atom is -0.497 e. The van der Waals surface area contributed by atoms with Crippen LogP contribution in [0.1, 0.15) is 36.6 Å². The molecule has 2 aliphatic heterocycles. The van der Waals surface area contributed by atoms with Gasteiger partial charge < -0.3 is 19.1 Å². The zero-order valence-corrected chi connectivity index (χ0v) is 21.6. The summed E-state index contributed by atoms with van der Waals surface area (Å²) >= 11 is 0. The molecule has 7 nitrogen and oxygen atoms in total. The van der Waals surface area contributed by atoms with Crippen molar-refractivity contribution in [3.63, 3.8) is 0 Å². The second-order valence-electron chi connectivity index (χ2n) is 10.2. The predicted octanol–water partition coefficient (Wildman–Crippen LogP) is 3.31. The maximum absolute atomic E-state index is 13.8. The molecule has 3 aliphatic rings. The summed E-state index contributed by atoms with van der Waals surface area (Å²) in [4.78, 5) is 21.2. The summed E-state index contributed by atoms with van der Waals surface area (Å²) in [6, 6.07) is 17.8. The van der Waals surface area contributed by atoms with E-state index in [2.05, 4.69) is 26.8 Å². The lowest BCUT2D eigenvalue weighted by Crippen LogP contribution is -2.50. The summed E-state index contributed by atoms with van der Waals surface area (Å²) in [6.07, 6.45) is 2.70. The molecule has 1 unspecified atom stereocenters. The van der Waals surface area contributed by atoms with Gasteiger partial charge in [0.1, 0.15) is 11.2 Å². The lowest BCUT2D eigenvalue weighted by molar-refractivity contribution is -0.166. The molecule has 0 radical (unpaired) electrons. The zero-order chi connectivity index (χ0) is 25.0. The van der Waals surface area contributed by atoms with Crippen molar-refractivity contribution in [2.45, 2.75) is 37.0 Å². The first kappa shape index (κ1) is 25.2. The van der Waals surface area contributed by atoms with Gasteiger partial charge in [0.05, 0.1) is 13.2 Å². The fourth-order valence-electron chi connectivity index (χ4n) is 5.73. The van der Waals surface area contributed by atoms with Crippen LogP contribution in [-0.2, 0) is 19.7 Å². The SMILES string of the molecule is COc1ccc([C@@]2(C(=O)OC(c3ccccc3)N3CCN(CCN4CCCC4)CC3)C[C@@H]2OC)cc1. The van der Waals surface area contributed by atoms with Crippen molar-refractivity contribution in [3.05, 3.63) is 65.7 Å². The molecule has 2 saturated heterocycles. The molecule has 0 aromatic heterocycles. The number of hydrogen-bond donors (Lipinski definition) is 0. The molecule has 0 N–H and O–H groups in total. The minimum absolute atomic E-state index is 0.183. The number of carbonyl (C=O) groups is 1. The highest BCUT2D eigenvalue weighted by molar-refractivity contribution is 5.88. The number of hydrogen-bond acceptors (Lipinski definition) is 7. The second-order valence-corrected chi connectivity index (χ2v) is 10.2. The Kier molecular flexibility index (Phi) is 7.91. The molecule has 1 saturated carbocycles. The Hall–Kier alpha value is -2.45. The Morgan fingerprint density at radius 3 is 2.11 bits per heavy atom. The Morgan fingerprint density at radius 2 is 1.53 bits per heavy atom. The van der Waals surface area contributed by atoms with E-state index in [-0.39, 0.29) is 12.1 Å². The molecule has 0 spiro atoms. The van der Waals surface area contributed by atoms with Gasteiger partial charge in [0, 0.05) is 51.9 Å². The summed E-state index contributed by atoms with van der Waals surface area (Å²) in [7, 11) is 3.31. The zero-order valence-electron chi connectivity index (χ0n) is 21.6. The normalized spacial score (nSPS) is 26.0. The van der Waals surface area contributed by atoms with Crippen LogP contribution in [0.5, 0.6) is 5.75 Å². The van der Waals surface area contributed by atoms with E-state index in [1.165, 1.54) is 25.9 Å². The first-order chi connectivity index (χ1) is 17.6. The molecule has 1 aliphatic carbocycles. The highest BCUT2D eigenvalue weighted by atomic mass is 16.6. The van der Waals surface area contributed by atoms with Crippen molar-refractivity contribution < 1.29 is 19.0 Å². The van der Waals surface area contributed by atoms with E-state index in [1.807, 2.05) is 42.5 Å². The van der Waals surface area contributed by atoms with Crippen molar-refractivity contribution in [1.29, 1.82) is 0 Å². The third kappa shape index (κ3) is 5.30. The molecule has 5 rings (SSSR count). The summed E-state index contributed by atoms with van der Waals surface area (Å²) in [6.45, 7) is 8.46. The molecule has 0 bridgehead atoms. The van der Waals surface area contributed by atoms with Crippen LogP contribution in [0.3, 0.4) is 0 Å². The maximum Gasteiger partial charge on any atom is 0.321 e. The van der Waals surface area contributed by atoms with Crippen LogP contribution < -0.4 is 4.74 Å². The van der Waals surface area contributed by atoms with Gasteiger partial charge in [-0.25, -0.2) is 0 Å². The quantitative estimate of drug-likeness (QED) is 0.471. The molecule has 36 heavy (non-hydrogen) atoms. The van der Waals surface area contributed by atoms with Crippen LogP contribution in [0.25, 0.3) is 0 Å². The molecule has 0 amide bonds. The van der Waals surface area contributed by atoms with Gasteiger partial charge >= 0.3 is 5.97 Å². The summed E-state index contributed by atoms with van der Waals surface area (Å²) < 4.78 is 17.4. The molecular weight excluding hydrogens is 454 g/mol. The molecule has 3 atom stereocenters. The smallest absolute Gasteiger partial charge is 0.321 e. The average molecular weight is 494 g/mol. The van der Waals surface area contributed by atoms with E-state index < -0.39 is 11.6 Å². The Bertz CT molecular complexity index is 987. The molecule has 2 aromatic carbocycles. The number of nitrogens with zero attached hydrogens (tertiary/aromatic N) is 3. The molecule has 3 fully saturated rings. The van der Waals surface area contributed by atoms with Crippen molar-refractivity contribution in [2.24, 2.45) is 0 Å². The van der Waals surface area contributed by atoms with Gasteiger partial charge in [0.2, 0.25) is 0 Å². The number of carbonyl (C=O) groups excluding carboxylic acids is 1. The average Bonchev–Trinajstić information content (AvgIpc) is 3.46. The van der Waals surface area contributed by atoms with E-state index in [1.54, 1.807) is 14.2 Å². The van der Waals surface area contributed by atoms with E-state index in [9.17, 15) is 4.79 Å². The van der Waals surface area contributed by atoms with Crippen molar-refractivity contribution in [3.8, 4) is 5.75 Å². The van der Waals surface area contributed by atoms with Crippen LogP contribution in [0.2, 0.25) is 0 Å². The topological polar surface area (TPSA) is 54.5 Å². The lowest BCUT2D eigenvalue weighted by atomic mass is 9.95. The van der Waals surface area contributed by atoms with Gasteiger partial charge in [-0.2, -0.15) is 0 Å². The third-order valence-corrected chi connectivity index (χ3v) is 8.12. The first-order valence-corrected chi connectivity index (χ1v) is 13.3. The number of rotatable bonds is 10. The number of benzene rings is 2. The highest BCUT2D eigenvalue weighted by Crippen LogP contribution is 2.52. The van der Waals surface area contributed by atoms with Gasteiger partial charge in [0.15, 0.2) is 6.23 Å². The molecular formula is C29H39N3O4. The fourth-order valence-corrected chi connectivity index (χ4v) is 5.73. The Morgan fingerprint density at radius 1 is 0.889 bits per heavy atom. The van der Waals surface area contributed by atoms with Gasteiger partial charge in [-0.1, -0.05) is 42.5 Å². The van der Waals surface area contributed by atoms with Crippen molar-refractivity contribution in [1.82, 2.24) is 14.7 Å². The minimum atomic E-state index is -0.772. The lowest BCUT2D eigenvalue weighted by Gasteiger charge is -2.39. The largest absolute Gasteiger partial charge is 0.497 e. The predicted molar refractivity (Wildman–Crippen MR) is 139 cm³/mol. The fraction of sp³-hybridized carbons (Fsp3) is 0.552. The molecule has 2 heterocycles. The van der Waals surface area contributed by atoms with Crippen LogP contribution in [0.4, 0.5) is 0 Å². The van der Waals surface area contributed by atoms with E-state index in [4.69, 9.17) is 14.2 Å². The summed E-state index contributed by atoms with van der Waals surface area (Å²) in [5.41, 5.74) is 1.15. The van der Waals surface area contributed by atoms with Gasteiger partial charge in [-0.15, -0.1) is 0 Å². The van der Waals surface area contributed by atoms with Crippen molar-refractivity contribution in [2.75, 3.05) is 66.6 Å². The van der Waals surface area contributed by atoms with Crippen LogP contribution in [-0.4, -0.2) is 93.4 Å². The maximum atomic E-state index is 13.8. The van der Waals surface area contributed by atoms with E-state index >= 15 is 0 Å². The molecule has 7 heteroatoms. The van der Waals surface area contributed by atoms with Gasteiger partial charge in [-0.3, -0.25) is 14.6 Å². The monoisotopic (exact) mass is 493 g/mol. The van der Waals surface area contributed by atoms with Crippen molar-refractivity contribution >= 4 is 5.97 Å². The first-order valence-electron chi connectivity index (χ1n) is 13.3. The van der Waals surface area contributed by atoms with Crippen LogP contribution in [0.15, 0.2) is 54.6 Å². The highest BCUT2D eigenvalue weighted by Gasteiger charge is 2.64. The third-order valence-electron chi connectivity index (χ3n) is 8.12. The van der Waals surface area contributed by atoms with Gasteiger partial charge in [-0.05, 0) is 50.0 Å². The summed E-state index contributed by atoms with van der Waals surface area (Å²) in [5.74, 6) is 0.548. The second kappa shape index (κ2) is 11.3. The summed E-state index contributed by atoms with van der Waals surface area (Å²) in [5, 5.41) is 0.